The van der Waals surface area contributed by atoms with Crippen LogP contribution in [0.3, 0.4) is 0 Å². The number of aromatic nitrogens is 4. The second kappa shape index (κ2) is 8.58. The molecule has 2 N–H and O–H groups in total. The van der Waals surface area contributed by atoms with E-state index in [9.17, 15) is 0 Å². The van der Waals surface area contributed by atoms with Crippen molar-refractivity contribution in [3.8, 4) is 22.8 Å². The summed E-state index contributed by atoms with van der Waals surface area (Å²) in [5.74, 6) is 3.43. The molecule has 3 aromatic rings. The van der Waals surface area contributed by atoms with Crippen LogP contribution in [0, 0.1) is 0 Å². The van der Waals surface area contributed by atoms with Gasteiger partial charge in [0, 0.05) is 37.0 Å². The topological polar surface area (TPSA) is 97.4 Å². The number of anilines is 3. The lowest BCUT2D eigenvalue weighted by Crippen LogP contribution is -2.46. The van der Waals surface area contributed by atoms with Gasteiger partial charge >= 0.3 is 0 Å². The maximum atomic E-state index is 5.80. The molecule has 3 heterocycles. The second-order valence-corrected chi connectivity index (χ2v) is 7.26. The van der Waals surface area contributed by atoms with E-state index in [4.69, 9.17) is 14.2 Å². The summed E-state index contributed by atoms with van der Waals surface area (Å²) in [5.41, 5.74) is 1.71. The van der Waals surface area contributed by atoms with Crippen LogP contribution in [-0.2, 0) is 4.74 Å². The third kappa shape index (κ3) is 4.30. The summed E-state index contributed by atoms with van der Waals surface area (Å²) in [7, 11) is 3.25. The van der Waals surface area contributed by atoms with Crippen LogP contribution in [0.15, 0.2) is 36.5 Å². The molecule has 0 amide bonds. The van der Waals surface area contributed by atoms with Crippen LogP contribution < -0.4 is 19.7 Å². The van der Waals surface area contributed by atoms with E-state index in [0.717, 1.165) is 30.1 Å². The van der Waals surface area contributed by atoms with Crippen molar-refractivity contribution in [1.82, 2.24) is 20.2 Å². The molecule has 1 aliphatic rings. The highest BCUT2D eigenvalue weighted by Gasteiger charge is 2.24. The molecule has 9 nitrogen and oxygen atoms in total. The van der Waals surface area contributed by atoms with Crippen molar-refractivity contribution in [2.24, 2.45) is 0 Å². The molecular weight excluding hydrogens is 384 g/mol. The number of morpholine rings is 1. The van der Waals surface area contributed by atoms with Gasteiger partial charge in [0.1, 0.15) is 17.3 Å². The minimum absolute atomic E-state index is 0.141. The molecule has 1 saturated heterocycles. The summed E-state index contributed by atoms with van der Waals surface area (Å²) in [6.07, 6.45) is 2.03. The van der Waals surface area contributed by atoms with Crippen LogP contribution >= 0.6 is 0 Å². The van der Waals surface area contributed by atoms with Crippen LogP contribution in [0.5, 0.6) is 11.5 Å². The molecule has 2 aromatic heterocycles. The fourth-order valence-electron chi connectivity index (χ4n) is 3.59. The highest BCUT2D eigenvalue weighted by molar-refractivity contribution is 5.71. The zero-order valence-corrected chi connectivity index (χ0v) is 17.5. The first kappa shape index (κ1) is 20.0. The SMILES string of the molecule is COc1ccc(-c2cc(Nc3ccnc(N4C[C@@H](C)O[C@@H](C)C4)n3)n[nH]2)c(OC)c1. The van der Waals surface area contributed by atoms with Crippen molar-refractivity contribution in [2.45, 2.75) is 26.1 Å². The summed E-state index contributed by atoms with van der Waals surface area (Å²) in [6, 6.07) is 9.37. The van der Waals surface area contributed by atoms with Gasteiger partial charge in [-0.15, -0.1) is 0 Å². The number of benzene rings is 1. The van der Waals surface area contributed by atoms with Gasteiger partial charge in [0.15, 0.2) is 5.82 Å². The molecule has 0 unspecified atom stereocenters. The second-order valence-electron chi connectivity index (χ2n) is 7.26. The first-order chi connectivity index (χ1) is 14.6. The summed E-state index contributed by atoms with van der Waals surface area (Å²) >= 11 is 0. The Morgan fingerprint density at radius 3 is 2.60 bits per heavy atom. The number of rotatable bonds is 6. The summed E-state index contributed by atoms with van der Waals surface area (Å²) in [6.45, 7) is 5.64. The van der Waals surface area contributed by atoms with Gasteiger partial charge in [-0.1, -0.05) is 0 Å². The van der Waals surface area contributed by atoms with Crippen LogP contribution in [0.4, 0.5) is 17.6 Å². The Morgan fingerprint density at radius 1 is 1.07 bits per heavy atom. The highest BCUT2D eigenvalue weighted by Crippen LogP contribution is 2.33. The largest absolute Gasteiger partial charge is 0.497 e. The van der Waals surface area contributed by atoms with Crippen LogP contribution in [-0.4, -0.2) is 59.7 Å². The molecule has 30 heavy (non-hydrogen) atoms. The van der Waals surface area contributed by atoms with Crippen molar-refractivity contribution in [2.75, 3.05) is 37.5 Å². The number of nitrogens with zero attached hydrogens (tertiary/aromatic N) is 4. The van der Waals surface area contributed by atoms with Crippen molar-refractivity contribution in [1.29, 1.82) is 0 Å². The fourth-order valence-corrected chi connectivity index (χ4v) is 3.59. The lowest BCUT2D eigenvalue weighted by molar-refractivity contribution is -0.00571. The number of ether oxygens (including phenoxy) is 3. The van der Waals surface area contributed by atoms with Crippen LogP contribution in [0.1, 0.15) is 13.8 Å². The smallest absolute Gasteiger partial charge is 0.227 e. The molecule has 0 bridgehead atoms. The van der Waals surface area contributed by atoms with E-state index in [1.165, 1.54) is 0 Å². The summed E-state index contributed by atoms with van der Waals surface area (Å²) in [4.78, 5) is 11.2. The van der Waals surface area contributed by atoms with E-state index >= 15 is 0 Å². The van der Waals surface area contributed by atoms with E-state index in [-0.39, 0.29) is 12.2 Å². The number of nitrogens with one attached hydrogen (secondary N) is 2. The molecule has 0 saturated carbocycles. The van der Waals surface area contributed by atoms with Crippen molar-refractivity contribution < 1.29 is 14.2 Å². The summed E-state index contributed by atoms with van der Waals surface area (Å²) in [5, 5.41) is 10.6. The standard InChI is InChI=1S/C21H26N6O3/c1-13-11-27(12-14(2)30-13)21-22-8-7-19(24-21)23-20-10-17(25-26-20)16-6-5-15(28-3)9-18(16)29-4/h5-10,13-14H,11-12H2,1-4H3,(H2,22,23,24,25,26)/t13-,14+. The van der Waals surface area contributed by atoms with Crippen LogP contribution in [0.2, 0.25) is 0 Å². The zero-order chi connectivity index (χ0) is 21.1. The third-order valence-corrected chi connectivity index (χ3v) is 4.88. The molecule has 158 valence electrons. The lowest BCUT2D eigenvalue weighted by Gasteiger charge is -2.35. The van der Waals surface area contributed by atoms with Crippen molar-refractivity contribution >= 4 is 17.6 Å². The maximum absolute atomic E-state index is 5.80. The predicted octanol–water partition coefficient (Wildman–Crippen LogP) is 3.24. The van der Waals surface area contributed by atoms with Crippen molar-refractivity contribution in [3.05, 3.63) is 36.5 Å². The Morgan fingerprint density at radius 2 is 1.87 bits per heavy atom. The summed E-state index contributed by atoms with van der Waals surface area (Å²) < 4.78 is 16.5. The average Bonchev–Trinajstić information content (AvgIpc) is 3.21. The average molecular weight is 410 g/mol. The third-order valence-electron chi connectivity index (χ3n) is 4.88. The molecule has 1 aromatic carbocycles. The highest BCUT2D eigenvalue weighted by atomic mass is 16.5. The van der Waals surface area contributed by atoms with Crippen LogP contribution in [0.25, 0.3) is 11.3 Å². The van der Waals surface area contributed by atoms with E-state index in [2.05, 4.69) is 44.2 Å². The molecule has 0 aliphatic carbocycles. The Hall–Kier alpha value is -3.33. The van der Waals surface area contributed by atoms with Gasteiger partial charge in [0.2, 0.25) is 5.95 Å². The first-order valence-corrected chi connectivity index (χ1v) is 9.84. The molecule has 0 radical (unpaired) electrons. The van der Waals surface area contributed by atoms with Crippen molar-refractivity contribution in [3.63, 3.8) is 0 Å². The number of hydrogen-bond donors (Lipinski definition) is 2. The minimum Gasteiger partial charge on any atom is -0.497 e. The monoisotopic (exact) mass is 410 g/mol. The first-order valence-electron chi connectivity index (χ1n) is 9.84. The quantitative estimate of drug-likeness (QED) is 0.639. The normalized spacial score (nSPS) is 18.9. The molecule has 0 spiro atoms. The number of H-pyrrole nitrogens is 1. The van der Waals surface area contributed by atoms with E-state index in [1.54, 1.807) is 20.4 Å². The van der Waals surface area contributed by atoms with Gasteiger partial charge in [-0.3, -0.25) is 5.10 Å². The van der Waals surface area contributed by atoms with Gasteiger partial charge in [0.05, 0.1) is 32.1 Å². The molecule has 9 heteroatoms. The van der Waals surface area contributed by atoms with Gasteiger partial charge in [-0.2, -0.15) is 10.1 Å². The van der Waals surface area contributed by atoms with E-state index < -0.39 is 0 Å². The van der Waals surface area contributed by atoms with Gasteiger partial charge < -0.3 is 24.4 Å². The molecule has 2 atom stereocenters. The van der Waals surface area contributed by atoms with Gasteiger partial charge in [0.25, 0.3) is 0 Å². The maximum Gasteiger partial charge on any atom is 0.227 e. The fraction of sp³-hybridized carbons (Fsp3) is 0.381. The number of hydrogen-bond acceptors (Lipinski definition) is 8. The Bertz CT molecular complexity index is 998. The molecule has 1 fully saturated rings. The van der Waals surface area contributed by atoms with Gasteiger partial charge in [-0.25, -0.2) is 4.98 Å². The number of aromatic amines is 1. The molecule has 1 aliphatic heterocycles. The zero-order valence-electron chi connectivity index (χ0n) is 17.5. The molecule has 4 rings (SSSR count). The Balaban J connectivity index is 1.52. The van der Waals surface area contributed by atoms with Gasteiger partial charge in [-0.05, 0) is 32.0 Å². The van der Waals surface area contributed by atoms with E-state index in [0.29, 0.717) is 23.3 Å². The minimum atomic E-state index is 0.141. The number of methoxy groups -OCH3 is 2. The lowest BCUT2D eigenvalue weighted by atomic mass is 10.1. The van der Waals surface area contributed by atoms with E-state index in [1.807, 2.05) is 30.3 Å². The Kier molecular flexibility index (Phi) is 5.71. The Labute approximate surface area is 175 Å². The predicted molar refractivity (Wildman–Crippen MR) is 115 cm³/mol. The molecular formula is C21H26N6O3.